The van der Waals surface area contributed by atoms with Crippen LogP contribution in [0, 0.1) is 0 Å². The van der Waals surface area contributed by atoms with Crippen LogP contribution in [0.2, 0.25) is 0 Å². The first kappa shape index (κ1) is 25.6. The topological polar surface area (TPSA) is 53.2 Å². The molecule has 7 aromatic carbocycles. The van der Waals surface area contributed by atoms with Crippen LogP contribution in [0.1, 0.15) is 0 Å². The third kappa shape index (κ3) is 3.27. The molecule has 0 saturated heterocycles. The predicted octanol–water partition coefficient (Wildman–Crippen LogP) is 11.0. The fourth-order valence-corrected chi connectivity index (χ4v) is 7.87. The van der Waals surface area contributed by atoms with Crippen molar-refractivity contribution in [1.29, 1.82) is 0 Å². The van der Waals surface area contributed by atoms with Gasteiger partial charge in [-0.25, -0.2) is 0 Å². The van der Waals surface area contributed by atoms with Crippen LogP contribution in [0.15, 0.2) is 159 Å². The molecule has 0 spiro atoms. The first-order valence-electron chi connectivity index (χ1n) is 16.1. The Balaban J connectivity index is 1.35. The second-order valence-electron chi connectivity index (χ2n) is 12.4. The van der Waals surface area contributed by atoms with Gasteiger partial charge in [-0.2, -0.15) is 0 Å². The highest BCUT2D eigenvalue weighted by molar-refractivity contribution is 6.19. The number of furan rings is 1. The average Bonchev–Trinajstić information content (AvgIpc) is 3.79. The van der Waals surface area contributed by atoms with Crippen molar-refractivity contribution in [1.82, 2.24) is 9.13 Å². The maximum atomic E-state index is 13.7. The molecule has 5 heteroatoms. The summed E-state index contributed by atoms with van der Waals surface area (Å²) in [6.45, 7) is 0. The predicted molar refractivity (Wildman–Crippen MR) is 196 cm³/mol. The molecule has 0 saturated carbocycles. The van der Waals surface area contributed by atoms with E-state index in [9.17, 15) is 4.79 Å². The zero-order chi connectivity index (χ0) is 31.5. The molecule has 11 rings (SSSR count). The van der Waals surface area contributed by atoms with Gasteiger partial charge in [0, 0.05) is 26.9 Å². The molecule has 0 bridgehead atoms. The molecule has 0 unspecified atom stereocenters. The summed E-state index contributed by atoms with van der Waals surface area (Å²) >= 11 is 0. The van der Waals surface area contributed by atoms with Gasteiger partial charge in [-0.15, -0.1) is 0 Å². The van der Waals surface area contributed by atoms with E-state index < -0.39 is 0 Å². The van der Waals surface area contributed by atoms with Crippen molar-refractivity contribution in [2.24, 2.45) is 0 Å². The van der Waals surface area contributed by atoms with Crippen molar-refractivity contribution in [3.8, 4) is 11.4 Å². The van der Waals surface area contributed by atoms with E-state index in [1.54, 1.807) is 0 Å². The van der Waals surface area contributed by atoms with Crippen LogP contribution < -0.4 is 5.43 Å². The first-order chi connectivity index (χ1) is 23.7. The fraction of sp³-hybridized carbons (Fsp3) is 0. The highest BCUT2D eigenvalue weighted by Gasteiger charge is 2.23. The van der Waals surface area contributed by atoms with Gasteiger partial charge in [-0.3, -0.25) is 4.79 Å². The SMILES string of the molecule is O=c1c2ccccc2oc2cc3c(cc12)oc1c(-n2c4ccccc4c4ccccc42)ccc(-n2c4ccccc4c4ccccc42)c13. The van der Waals surface area contributed by atoms with Crippen LogP contribution in [-0.2, 0) is 0 Å². The summed E-state index contributed by atoms with van der Waals surface area (Å²) in [6, 6.07) is 49.7. The van der Waals surface area contributed by atoms with E-state index in [4.69, 9.17) is 8.83 Å². The minimum absolute atomic E-state index is 0.0700. The molecule has 0 aliphatic carbocycles. The van der Waals surface area contributed by atoms with Crippen LogP contribution in [0.25, 0.3) is 98.9 Å². The minimum Gasteiger partial charge on any atom is -0.456 e. The third-order valence-corrected chi connectivity index (χ3v) is 9.92. The van der Waals surface area contributed by atoms with Crippen molar-refractivity contribution in [2.45, 2.75) is 0 Å². The molecule has 0 fully saturated rings. The van der Waals surface area contributed by atoms with Crippen LogP contribution in [0.3, 0.4) is 0 Å². The molecule has 48 heavy (non-hydrogen) atoms. The minimum atomic E-state index is -0.0700. The third-order valence-electron chi connectivity index (χ3n) is 9.92. The van der Waals surface area contributed by atoms with Crippen molar-refractivity contribution in [2.75, 3.05) is 0 Å². The molecule has 5 nitrogen and oxygen atoms in total. The Morgan fingerprint density at radius 1 is 0.375 bits per heavy atom. The lowest BCUT2D eigenvalue weighted by Crippen LogP contribution is -2.01. The van der Waals surface area contributed by atoms with Gasteiger partial charge < -0.3 is 18.0 Å². The molecule has 0 amide bonds. The summed E-state index contributed by atoms with van der Waals surface area (Å²) in [5.41, 5.74) is 8.73. The van der Waals surface area contributed by atoms with E-state index in [0.717, 1.165) is 49.8 Å². The van der Waals surface area contributed by atoms with Crippen molar-refractivity contribution >= 4 is 87.5 Å². The Morgan fingerprint density at radius 2 is 0.812 bits per heavy atom. The Hall–Kier alpha value is -6.59. The average molecular weight is 617 g/mol. The molecular weight excluding hydrogens is 592 g/mol. The number of para-hydroxylation sites is 5. The number of hydrogen-bond donors (Lipinski definition) is 0. The van der Waals surface area contributed by atoms with E-state index in [1.165, 1.54) is 21.5 Å². The number of hydrogen-bond acceptors (Lipinski definition) is 3. The maximum Gasteiger partial charge on any atom is 0.200 e. The van der Waals surface area contributed by atoms with Gasteiger partial charge in [0.1, 0.15) is 16.7 Å². The Kier molecular flexibility index (Phi) is 4.93. The molecule has 4 aromatic heterocycles. The number of fused-ring (bicyclic) bond motifs is 11. The summed E-state index contributed by atoms with van der Waals surface area (Å²) in [7, 11) is 0. The van der Waals surface area contributed by atoms with Crippen LogP contribution in [0.5, 0.6) is 0 Å². The lowest BCUT2D eigenvalue weighted by atomic mass is 10.1. The second kappa shape index (κ2) is 9.24. The van der Waals surface area contributed by atoms with Gasteiger partial charge in [-0.05, 0) is 60.7 Å². The first-order valence-corrected chi connectivity index (χ1v) is 16.1. The van der Waals surface area contributed by atoms with Crippen LogP contribution in [-0.4, -0.2) is 9.13 Å². The van der Waals surface area contributed by atoms with E-state index >= 15 is 0 Å². The van der Waals surface area contributed by atoms with E-state index in [1.807, 2.05) is 36.4 Å². The molecule has 0 aliphatic rings. The normalized spacial score (nSPS) is 12.2. The van der Waals surface area contributed by atoms with Gasteiger partial charge in [-0.1, -0.05) is 84.9 Å². The quantitative estimate of drug-likeness (QED) is 0.182. The number of nitrogens with zero attached hydrogens (tertiary/aromatic N) is 2. The molecule has 224 valence electrons. The lowest BCUT2D eigenvalue weighted by Gasteiger charge is -2.14. The maximum absolute atomic E-state index is 13.7. The molecule has 4 heterocycles. The van der Waals surface area contributed by atoms with E-state index in [0.29, 0.717) is 27.5 Å². The van der Waals surface area contributed by atoms with Gasteiger partial charge in [0.2, 0.25) is 5.43 Å². The van der Waals surface area contributed by atoms with Crippen LogP contribution >= 0.6 is 0 Å². The summed E-state index contributed by atoms with van der Waals surface area (Å²) < 4.78 is 17.9. The summed E-state index contributed by atoms with van der Waals surface area (Å²) in [5.74, 6) is 0. The highest BCUT2D eigenvalue weighted by Crippen LogP contribution is 2.43. The molecule has 0 N–H and O–H groups in total. The van der Waals surface area contributed by atoms with Gasteiger partial charge >= 0.3 is 0 Å². The highest BCUT2D eigenvalue weighted by atomic mass is 16.3. The second-order valence-corrected chi connectivity index (χ2v) is 12.4. The van der Waals surface area contributed by atoms with Crippen molar-refractivity contribution in [3.05, 3.63) is 156 Å². The Labute approximate surface area is 272 Å². The number of rotatable bonds is 2. The van der Waals surface area contributed by atoms with Gasteiger partial charge in [0.05, 0.1) is 49.6 Å². The van der Waals surface area contributed by atoms with Crippen molar-refractivity contribution < 1.29 is 8.83 Å². The smallest absolute Gasteiger partial charge is 0.200 e. The van der Waals surface area contributed by atoms with Gasteiger partial charge in [0.25, 0.3) is 0 Å². The van der Waals surface area contributed by atoms with Gasteiger partial charge in [0.15, 0.2) is 5.58 Å². The van der Waals surface area contributed by atoms with Crippen LogP contribution in [0.4, 0.5) is 0 Å². The number of aromatic nitrogens is 2. The van der Waals surface area contributed by atoms with E-state index in [-0.39, 0.29) is 5.43 Å². The monoisotopic (exact) mass is 616 g/mol. The van der Waals surface area contributed by atoms with Crippen molar-refractivity contribution in [3.63, 3.8) is 0 Å². The molecule has 0 atom stereocenters. The zero-order valence-electron chi connectivity index (χ0n) is 25.5. The number of benzene rings is 7. The Morgan fingerprint density at radius 3 is 1.40 bits per heavy atom. The molecule has 0 radical (unpaired) electrons. The summed E-state index contributed by atoms with van der Waals surface area (Å²) in [4.78, 5) is 13.7. The molecule has 0 aliphatic heterocycles. The molecular formula is C43H24N2O3. The summed E-state index contributed by atoms with van der Waals surface area (Å²) in [5, 5.41) is 7.61. The standard InChI is InChI=1S/C43H24N2O3/c46-42-29-15-5-10-20-38(29)47-40-23-30-39(24-31(40)42)48-43-37(45-34-18-8-3-13-27(34)28-14-4-9-19-35(28)45)22-21-36(41(30)43)44-32-16-6-1-11-25(32)26-12-2-7-17-33(26)44/h1-24H. The Bertz CT molecular complexity index is 3100. The molecule has 11 aromatic rings. The lowest BCUT2D eigenvalue weighted by molar-refractivity contribution is 0.656. The fourth-order valence-electron chi connectivity index (χ4n) is 7.87. The summed E-state index contributed by atoms with van der Waals surface area (Å²) in [6.07, 6.45) is 0. The van der Waals surface area contributed by atoms with E-state index in [2.05, 4.69) is 118 Å². The largest absolute Gasteiger partial charge is 0.456 e. The zero-order valence-corrected chi connectivity index (χ0v) is 25.5.